The summed E-state index contributed by atoms with van der Waals surface area (Å²) in [4.78, 5) is 12.2. The number of rotatable bonds is 1. The minimum Gasteiger partial charge on any atom is -0.454 e. The van der Waals surface area contributed by atoms with Crippen LogP contribution in [-0.4, -0.2) is 12.7 Å². The highest BCUT2D eigenvalue weighted by atomic mass is 35.5. The summed E-state index contributed by atoms with van der Waals surface area (Å²) >= 11 is 12.1. The lowest BCUT2D eigenvalue weighted by Crippen LogP contribution is -2.03. The Morgan fingerprint density at radius 1 is 1.14 bits per heavy atom. The Bertz CT molecular complexity index is 846. The van der Waals surface area contributed by atoms with Gasteiger partial charge in [0.1, 0.15) is 0 Å². The molecule has 2 aromatic rings. The first kappa shape index (κ1) is 13.5. The maximum Gasteiger partial charge on any atom is 0.256 e. The number of fused-ring (bicyclic) bond motifs is 2. The van der Waals surface area contributed by atoms with Crippen molar-refractivity contribution in [2.24, 2.45) is 0 Å². The molecule has 0 fully saturated rings. The number of anilines is 1. The van der Waals surface area contributed by atoms with Crippen molar-refractivity contribution in [3.05, 3.63) is 51.5 Å². The molecule has 110 valence electrons. The lowest BCUT2D eigenvalue weighted by molar-refractivity contribution is -0.110. The quantitative estimate of drug-likeness (QED) is 0.795. The van der Waals surface area contributed by atoms with Gasteiger partial charge in [-0.1, -0.05) is 29.3 Å². The van der Waals surface area contributed by atoms with Crippen LogP contribution in [0, 0.1) is 0 Å². The summed E-state index contributed by atoms with van der Waals surface area (Å²) in [5, 5.41) is 3.83. The number of hydrogen-bond donors (Lipinski definition) is 1. The van der Waals surface area contributed by atoms with E-state index in [2.05, 4.69) is 5.32 Å². The van der Waals surface area contributed by atoms with Crippen LogP contribution in [0.5, 0.6) is 11.5 Å². The standard InChI is InChI=1S/C16H9Cl2NO3/c17-9-1-2-10-11(16(20)19-13(10)6-9)3-8-4-12(18)15-14(5-8)21-7-22-15/h1-6H,7H2,(H,19,20)/b11-3+. The summed E-state index contributed by atoms with van der Waals surface area (Å²) < 4.78 is 10.6. The zero-order valence-electron chi connectivity index (χ0n) is 11.2. The van der Waals surface area contributed by atoms with Gasteiger partial charge in [0.15, 0.2) is 11.5 Å². The predicted octanol–water partition coefficient (Wildman–Crippen LogP) is 4.21. The van der Waals surface area contributed by atoms with Crippen LogP contribution < -0.4 is 14.8 Å². The minimum atomic E-state index is -0.175. The van der Waals surface area contributed by atoms with Gasteiger partial charge in [-0.3, -0.25) is 4.79 Å². The van der Waals surface area contributed by atoms with Gasteiger partial charge in [0, 0.05) is 16.2 Å². The van der Waals surface area contributed by atoms with E-state index in [0.29, 0.717) is 32.8 Å². The summed E-state index contributed by atoms with van der Waals surface area (Å²) in [6.07, 6.45) is 1.77. The smallest absolute Gasteiger partial charge is 0.256 e. The van der Waals surface area contributed by atoms with Gasteiger partial charge in [0.25, 0.3) is 5.91 Å². The van der Waals surface area contributed by atoms with Gasteiger partial charge in [-0.15, -0.1) is 0 Å². The Labute approximate surface area is 136 Å². The lowest BCUT2D eigenvalue weighted by Gasteiger charge is -2.03. The zero-order valence-corrected chi connectivity index (χ0v) is 12.7. The maximum absolute atomic E-state index is 12.2. The highest BCUT2D eigenvalue weighted by molar-refractivity contribution is 6.37. The maximum atomic E-state index is 12.2. The van der Waals surface area contributed by atoms with Crippen LogP contribution in [0.2, 0.25) is 10.0 Å². The van der Waals surface area contributed by atoms with Crippen molar-refractivity contribution in [3.8, 4) is 11.5 Å². The normalized spacial score (nSPS) is 16.8. The van der Waals surface area contributed by atoms with E-state index < -0.39 is 0 Å². The van der Waals surface area contributed by atoms with Crippen LogP contribution in [0.3, 0.4) is 0 Å². The number of nitrogens with one attached hydrogen (secondary N) is 1. The van der Waals surface area contributed by atoms with Crippen LogP contribution in [0.25, 0.3) is 11.6 Å². The Hall–Kier alpha value is -2.17. The van der Waals surface area contributed by atoms with Crippen molar-refractivity contribution >= 4 is 46.4 Å². The monoisotopic (exact) mass is 333 g/mol. The summed E-state index contributed by atoms with van der Waals surface area (Å²) in [6.45, 7) is 0.150. The molecule has 0 aliphatic carbocycles. The average molecular weight is 334 g/mol. The molecule has 0 saturated carbocycles. The summed E-state index contributed by atoms with van der Waals surface area (Å²) in [6, 6.07) is 8.82. The molecule has 4 rings (SSSR count). The Kier molecular flexibility index (Phi) is 3.03. The van der Waals surface area contributed by atoms with Crippen LogP contribution in [0.1, 0.15) is 11.1 Å². The van der Waals surface area contributed by atoms with E-state index in [9.17, 15) is 4.79 Å². The first-order valence-corrected chi connectivity index (χ1v) is 7.29. The van der Waals surface area contributed by atoms with Crippen LogP contribution in [0.15, 0.2) is 30.3 Å². The number of halogens is 2. The molecular formula is C16H9Cl2NO3. The summed E-state index contributed by atoms with van der Waals surface area (Å²) in [7, 11) is 0. The Morgan fingerprint density at radius 2 is 2.00 bits per heavy atom. The number of benzene rings is 2. The van der Waals surface area contributed by atoms with Gasteiger partial charge < -0.3 is 14.8 Å². The van der Waals surface area contributed by atoms with Crippen LogP contribution >= 0.6 is 23.2 Å². The number of carbonyl (C=O) groups excluding carboxylic acids is 1. The number of carbonyl (C=O) groups is 1. The van der Waals surface area contributed by atoms with E-state index in [0.717, 1.165) is 11.1 Å². The molecule has 2 aliphatic rings. The molecule has 0 unspecified atom stereocenters. The van der Waals surface area contributed by atoms with Gasteiger partial charge in [-0.2, -0.15) is 0 Å². The van der Waals surface area contributed by atoms with Gasteiger partial charge in [0.2, 0.25) is 6.79 Å². The second-order valence-electron chi connectivity index (χ2n) is 4.94. The van der Waals surface area contributed by atoms with Crippen molar-refractivity contribution in [1.29, 1.82) is 0 Å². The molecule has 2 aromatic carbocycles. The topological polar surface area (TPSA) is 47.6 Å². The number of hydrogen-bond acceptors (Lipinski definition) is 3. The first-order chi connectivity index (χ1) is 10.6. The van der Waals surface area contributed by atoms with E-state index in [1.165, 1.54) is 0 Å². The lowest BCUT2D eigenvalue weighted by atomic mass is 10.0. The molecule has 1 amide bonds. The highest BCUT2D eigenvalue weighted by Crippen LogP contribution is 2.41. The summed E-state index contributed by atoms with van der Waals surface area (Å²) in [5.41, 5.74) is 2.84. The van der Waals surface area contributed by atoms with Crippen molar-refractivity contribution in [1.82, 2.24) is 0 Å². The molecule has 0 bridgehead atoms. The van der Waals surface area contributed by atoms with E-state index in [1.807, 2.05) is 6.07 Å². The molecule has 1 N–H and O–H groups in total. The van der Waals surface area contributed by atoms with E-state index in [4.69, 9.17) is 32.7 Å². The molecule has 22 heavy (non-hydrogen) atoms. The number of ether oxygens (including phenoxy) is 2. The first-order valence-electron chi connectivity index (χ1n) is 6.54. The second kappa shape index (κ2) is 4.93. The third-order valence-electron chi connectivity index (χ3n) is 3.53. The Balaban J connectivity index is 1.81. The highest BCUT2D eigenvalue weighted by Gasteiger charge is 2.25. The second-order valence-corrected chi connectivity index (χ2v) is 5.78. The molecular weight excluding hydrogens is 325 g/mol. The third kappa shape index (κ3) is 2.12. The fourth-order valence-electron chi connectivity index (χ4n) is 2.55. The summed E-state index contributed by atoms with van der Waals surface area (Å²) in [5.74, 6) is 0.937. The van der Waals surface area contributed by atoms with E-state index in [-0.39, 0.29) is 12.7 Å². The molecule has 4 nitrogen and oxygen atoms in total. The minimum absolute atomic E-state index is 0.150. The molecule has 2 heterocycles. The van der Waals surface area contributed by atoms with Crippen molar-refractivity contribution in [2.45, 2.75) is 0 Å². The predicted molar refractivity (Wildman–Crippen MR) is 85.5 cm³/mol. The largest absolute Gasteiger partial charge is 0.454 e. The van der Waals surface area contributed by atoms with Crippen molar-refractivity contribution in [2.75, 3.05) is 12.1 Å². The van der Waals surface area contributed by atoms with E-state index >= 15 is 0 Å². The van der Waals surface area contributed by atoms with E-state index in [1.54, 1.807) is 30.3 Å². The molecule has 0 spiro atoms. The van der Waals surface area contributed by atoms with Gasteiger partial charge in [-0.25, -0.2) is 0 Å². The van der Waals surface area contributed by atoms with Crippen LogP contribution in [0.4, 0.5) is 5.69 Å². The third-order valence-corrected chi connectivity index (χ3v) is 4.04. The SMILES string of the molecule is O=C1Nc2cc(Cl)ccc2/C1=C\c1cc(Cl)c2c(c1)OCO2. The average Bonchev–Trinajstić information content (AvgIpc) is 3.04. The fourth-order valence-corrected chi connectivity index (χ4v) is 2.99. The van der Waals surface area contributed by atoms with Gasteiger partial charge in [0.05, 0.1) is 10.7 Å². The molecule has 0 radical (unpaired) electrons. The molecule has 0 atom stereocenters. The van der Waals surface area contributed by atoms with Gasteiger partial charge in [-0.05, 0) is 35.9 Å². The molecule has 6 heteroatoms. The Morgan fingerprint density at radius 3 is 2.86 bits per heavy atom. The zero-order chi connectivity index (χ0) is 15.3. The molecule has 0 aromatic heterocycles. The van der Waals surface area contributed by atoms with Crippen LogP contribution in [-0.2, 0) is 4.79 Å². The van der Waals surface area contributed by atoms with Gasteiger partial charge >= 0.3 is 0 Å². The van der Waals surface area contributed by atoms with Crippen molar-refractivity contribution < 1.29 is 14.3 Å². The fraction of sp³-hybridized carbons (Fsp3) is 0.0625. The molecule has 0 saturated heterocycles. The van der Waals surface area contributed by atoms with Crippen molar-refractivity contribution in [3.63, 3.8) is 0 Å². The number of amides is 1. The molecule has 2 aliphatic heterocycles.